The van der Waals surface area contributed by atoms with Crippen LogP contribution in [-0.4, -0.2) is 23.3 Å². The van der Waals surface area contributed by atoms with Crippen molar-refractivity contribution in [2.45, 2.75) is 33.2 Å². The number of rotatable bonds is 7. The van der Waals surface area contributed by atoms with Crippen LogP contribution in [0.2, 0.25) is 0 Å². The van der Waals surface area contributed by atoms with E-state index in [2.05, 4.69) is 29.4 Å². The molecule has 4 nitrogen and oxygen atoms in total. The molecule has 1 N–H and O–H groups in total. The molecule has 0 aromatic carbocycles. The molecular formula is C9H17N3OS. The van der Waals surface area contributed by atoms with Gasteiger partial charge in [0.15, 0.2) is 0 Å². The zero-order valence-corrected chi connectivity index (χ0v) is 9.56. The van der Waals surface area contributed by atoms with Crippen molar-refractivity contribution in [2.24, 2.45) is 0 Å². The Labute approximate surface area is 88.7 Å². The standard InChI is InChI=1S/C9H17N3OS/c1-3-5-10-7-8-11-12-9(14-8)13-6-4-2/h10H,3-7H2,1-2H3. The predicted octanol–water partition coefficient (Wildman–Crippen LogP) is 1.83. The molecule has 0 unspecified atom stereocenters. The molecule has 1 aromatic rings. The topological polar surface area (TPSA) is 47.0 Å². The van der Waals surface area contributed by atoms with E-state index in [1.165, 1.54) is 11.3 Å². The first-order valence-corrected chi connectivity index (χ1v) is 5.84. The first-order chi connectivity index (χ1) is 6.86. The van der Waals surface area contributed by atoms with Gasteiger partial charge < -0.3 is 10.1 Å². The Morgan fingerprint density at radius 1 is 1.29 bits per heavy atom. The van der Waals surface area contributed by atoms with E-state index in [0.29, 0.717) is 5.19 Å². The maximum absolute atomic E-state index is 5.36. The lowest BCUT2D eigenvalue weighted by Crippen LogP contribution is -2.13. The summed E-state index contributed by atoms with van der Waals surface area (Å²) in [7, 11) is 0. The average Bonchev–Trinajstić information content (AvgIpc) is 2.63. The van der Waals surface area contributed by atoms with Crippen molar-refractivity contribution in [3.63, 3.8) is 0 Å². The van der Waals surface area contributed by atoms with E-state index in [0.717, 1.165) is 37.5 Å². The SMILES string of the molecule is CCCNCc1nnc(OCCC)s1. The van der Waals surface area contributed by atoms with Crippen LogP contribution in [-0.2, 0) is 6.54 Å². The van der Waals surface area contributed by atoms with Crippen LogP contribution in [0, 0.1) is 0 Å². The van der Waals surface area contributed by atoms with Crippen molar-refractivity contribution in [3.8, 4) is 5.19 Å². The molecule has 0 bridgehead atoms. The summed E-state index contributed by atoms with van der Waals surface area (Å²) in [4.78, 5) is 0. The molecular weight excluding hydrogens is 198 g/mol. The van der Waals surface area contributed by atoms with Gasteiger partial charge in [-0.05, 0) is 19.4 Å². The van der Waals surface area contributed by atoms with Crippen LogP contribution in [0.25, 0.3) is 0 Å². The zero-order valence-electron chi connectivity index (χ0n) is 8.75. The van der Waals surface area contributed by atoms with Crippen molar-refractivity contribution in [1.82, 2.24) is 15.5 Å². The fourth-order valence-corrected chi connectivity index (χ4v) is 1.61. The van der Waals surface area contributed by atoms with Gasteiger partial charge in [-0.3, -0.25) is 0 Å². The summed E-state index contributed by atoms with van der Waals surface area (Å²) in [6, 6.07) is 0. The number of nitrogens with zero attached hydrogens (tertiary/aromatic N) is 2. The average molecular weight is 215 g/mol. The molecule has 0 saturated carbocycles. The third-order valence-corrected chi connectivity index (χ3v) is 2.42. The summed E-state index contributed by atoms with van der Waals surface area (Å²) in [5.74, 6) is 0. The number of hydrogen-bond donors (Lipinski definition) is 1. The van der Waals surface area contributed by atoms with Crippen LogP contribution in [0.15, 0.2) is 0 Å². The molecule has 0 aliphatic rings. The molecule has 0 radical (unpaired) electrons. The first kappa shape index (κ1) is 11.4. The number of hydrogen-bond acceptors (Lipinski definition) is 5. The third kappa shape index (κ3) is 4.02. The van der Waals surface area contributed by atoms with Crippen molar-refractivity contribution >= 4 is 11.3 Å². The van der Waals surface area contributed by atoms with Crippen molar-refractivity contribution in [1.29, 1.82) is 0 Å². The van der Waals surface area contributed by atoms with Crippen molar-refractivity contribution in [2.75, 3.05) is 13.2 Å². The third-order valence-electron chi connectivity index (χ3n) is 1.58. The molecule has 0 aliphatic heterocycles. The minimum Gasteiger partial charge on any atom is -0.469 e. The summed E-state index contributed by atoms with van der Waals surface area (Å²) < 4.78 is 5.36. The summed E-state index contributed by atoms with van der Waals surface area (Å²) in [5.41, 5.74) is 0. The highest BCUT2D eigenvalue weighted by Crippen LogP contribution is 2.17. The maximum Gasteiger partial charge on any atom is 0.294 e. The number of ether oxygens (including phenoxy) is 1. The van der Waals surface area contributed by atoms with E-state index in [-0.39, 0.29) is 0 Å². The number of aromatic nitrogens is 2. The van der Waals surface area contributed by atoms with Crippen LogP contribution < -0.4 is 10.1 Å². The lowest BCUT2D eigenvalue weighted by Gasteiger charge is -1.97. The van der Waals surface area contributed by atoms with Gasteiger partial charge in [-0.15, -0.1) is 10.2 Å². The molecule has 5 heteroatoms. The minimum absolute atomic E-state index is 0.681. The Bertz CT molecular complexity index is 252. The van der Waals surface area contributed by atoms with E-state index in [4.69, 9.17) is 4.74 Å². The molecule has 0 amide bonds. The van der Waals surface area contributed by atoms with Gasteiger partial charge >= 0.3 is 0 Å². The smallest absolute Gasteiger partial charge is 0.294 e. The summed E-state index contributed by atoms with van der Waals surface area (Å²) in [6.07, 6.45) is 2.14. The van der Waals surface area contributed by atoms with Gasteiger partial charge in [0.2, 0.25) is 0 Å². The monoisotopic (exact) mass is 215 g/mol. The number of nitrogens with one attached hydrogen (secondary N) is 1. The normalized spacial score (nSPS) is 10.4. The molecule has 0 fully saturated rings. The highest BCUT2D eigenvalue weighted by atomic mass is 32.1. The van der Waals surface area contributed by atoms with E-state index < -0.39 is 0 Å². The maximum atomic E-state index is 5.36. The molecule has 1 rings (SSSR count). The molecule has 1 heterocycles. The Hall–Kier alpha value is -0.680. The van der Waals surface area contributed by atoms with E-state index in [9.17, 15) is 0 Å². The molecule has 80 valence electrons. The van der Waals surface area contributed by atoms with Gasteiger partial charge in [0.1, 0.15) is 5.01 Å². The minimum atomic E-state index is 0.681. The second-order valence-electron chi connectivity index (χ2n) is 2.99. The van der Waals surface area contributed by atoms with Gasteiger partial charge in [-0.1, -0.05) is 25.2 Å². The Morgan fingerprint density at radius 2 is 2.14 bits per heavy atom. The molecule has 0 spiro atoms. The van der Waals surface area contributed by atoms with Crippen LogP contribution in [0.3, 0.4) is 0 Å². The Balaban J connectivity index is 2.27. The first-order valence-electron chi connectivity index (χ1n) is 5.02. The summed E-state index contributed by atoms with van der Waals surface area (Å²) >= 11 is 1.52. The van der Waals surface area contributed by atoms with Crippen molar-refractivity contribution < 1.29 is 4.74 Å². The van der Waals surface area contributed by atoms with Crippen molar-refractivity contribution in [3.05, 3.63) is 5.01 Å². The van der Waals surface area contributed by atoms with Crippen LogP contribution >= 0.6 is 11.3 Å². The van der Waals surface area contributed by atoms with Crippen LogP contribution in [0.1, 0.15) is 31.7 Å². The Kier molecular flexibility index (Phi) is 5.47. The van der Waals surface area contributed by atoms with Crippen LogP contribution in [0.5, 0.6) is 5.19 Å². The molecule has 1 aromatic heterocycles. The van der Waals surface area contributed by atoms with E-state index in [1.807, 2.05) is 0 Å². The van der Waals surface area contributed by atoms with Gasteiger partial charge in [-0.25, -0.2) is 0 Å². The quantitative estimate of drug-likeness (QED) is 0.705. The largest absolute Gasteiger partial charge is 0.469 e. The predicted molar refractivity (Wildman–Crippen MR) is 57.7 cm³/mol. The summed E-state index contributed by atoms with van der Waals surface area (Å²) in [6.45, 7) is 6.75. The molecule has 14 heavy (non-hydrogen) atoms. The fraction of sp³-hybridized carbons (Fsp3) is 0.778. The van der Waals surface area contributed by atoms with E-state index in [1.54, 1.807) is 0 Å². The van der Waals surface area contributed by atoms with Gasteiger partial charge in [0.05, 0.1) is 6.61 Å². The van der Waals surface area contributed by atoms with Gasteiger partial charge in [0.25, 0.3) is 5.19 Å². The summed E-state index contributed by atoms with van der Waals surface area (Å²) in [5, 5.41) is 12.9. The Morgan fingerprint density at radius 3 is 2.86 bits per heavy atom. The molecule has 0 aliphatic carbocycles. The molecule has 0 atom stereocenters. The van der Waals surface area contributed by atoms with Crippen LogP contribution in [0.4, 0.5) is 0 Å². The lowest BCUT2D eigenvalue weighted by atomic mass is 10.5. The van der Waals surface area contributed by atoms with Gasteiger partial charge in [0, 0.05) is 6.54 Å². The second-order valence-corrected chi connectivity index (χ2v) is 4.01. The zero-order chi connectivity index (χ0) is 10.2. The highest BCUT2D eigenvalue weighted by molar-refractivity contribution is 7.13. The molecule has 0 saturated heterocycles. The van der Waals surface area contributed by atoms with Gasteiger partial charge in [-0.2, -0.15) is 0 Å². The fourth-order valence-electron chi connectivity index (χ4n) is 0.929. The highest BCUT2D eigenvalue weighted by Gasteiger charge is 2.03. The second kappa shape index (κ2) is 6.73. The van der Waals surface area contributed by atoms with E-state index >= 15 is 0 Å². The lowest BCUT2D eigenvalue weighted by molar-refractivity contribution is 0.313.